The summed E-state index contributed by atoms with van der Waals surface area (Å²) in [5.74, 6) is -2.42. The predicted molar refractivity (Wildman–Crippen MR) is 119 cm³/mol. The highest BCUT2D eigenvalue weighted by atomic mass is 19.4. The first-order valence-corrected chi connectivity index (χ1v) is 10.9. The van der Waals surface area contributed by atoms with Crippen LogP contribution in [0.15, 0.2) is 48.5 Å². The second-order valence-corrected chi connectivity index (χ2v) is 8.34. The maximum absolute atomic E-state index is 14.5. The third-order valence-corrected chi connectivity index (χ3v) is 5.59. The molecule has 1 aromatic heterocycles. The van der Waals surface area contributed by atoms with Crippen LogP contribution in [0.4, 0.5) is 27.8 Å². The SMILES string of the molecule is C[C@@H](OCc1cc(F)cc(-c2cc(NC(=O)[C@H]3CNC(=O)C3)nn2-c2ccc(F)cc2)c1)C(F)(F)F. The van der Waals surface area contributed by atoms with E-state index in [2.05, 4.69) is 15.7 Å². The zero-order chi connectivity index (χ0) is 26.0. The van der Waals surface area contributed by atoms with Crippen LogP contribution >= 0.6 is 0 Å². The summed E-state index contributed by atoms with van der Waals surface area (Å²) in [4.78, 5) is 24.0. The monoisotopic (exact) mass is 508 g/mol. The maximum atomic E-state index is 14.5. The van der Waals surface area contributed by atoms with Gasteiger partial charge < -0.3 is 15.4 Å². The first-order chi connectivity index (χ1) is 17.0. The average Bonchev–Trinajstić information content (AvgIpc) is 3.43. The maximum Gasteiger partial charge on any atom is 0.414 e. The van der Waals surface area contributed by atoms with Gasteiger partial charge in [0.1, 0.15) is 11.6 Å². The lowest BCUT2D eigenvalue weighted by Gasteiger charge is -2.16. The molecule has 7 nitrogen and oxygen atoms in total. The minimum Gasteiger partial charge on any atom is -0.364 e. The Labute approximate surface area is 202 Å². The van der Waals surface area contributed by atoms with Crippen molar-refractivity contribution in [2.45, 2.75) is 32.2 Å². The van der Waals surface area contributed by atoms with E-state index in [1.54, 1.807) is 0 Å². The Bertz CT molecular complexity index is 1270. The lowest BCUT2D eigenvalue weighted by molar-refractivity contribution is -0.217. The number of carbonyl (C=O) groups excluding carboxylic acids is 2. The molecule has 4 rings (SSSR count). The van der Waals surface area contributed by atoms with Gasteiger partial charge in [-0.05, 0) is 55.0 Å². The predicted octanol–water partition coefficient (Wildman–Crippen LogP) is 4.36. The molecule has 2 amide bonds. The van der Waals surface area contributed by atoms with Gasteiger partial charge in [-0.1, -0.05) is 0 Å². The van der Waals surface area contributed by atoms with Gasteiger partial charge in [0.05, 0.1) is 23.9 Å². The van der Waals surface area contributed by atoms with Gasteiger partial charge in [0.2, 0.25) is 11.8 Å². The van der Waals surface area contributed by atoms with E-state index in [9.17, 15) is 31.5 Å². The molecule has 1 aliphatic rings. The van der Waals surface area contributed by atoms with Crippen molar-refractivity contribution >= 4 is 17.6 Å². The minimum atomic E-state index is -4.57. The molecule has 2 heterocycles. The molecule has 0 radical (unpaired) electrons. The molecular formula is C24H21F5N4O3. The Hall–Kier alpha value is -3.80. The molecule has 3 aromatic rings. The number of amides is 2. The Balaban J connectivity index is 1.67. The van der Waals surface area contributed by atoms with Gasteiger partial charge >= 0.3 is 6.18 Å². The molecule has 36 heavy (non-hydrogen) atoms. The lowest BCUT2D eigenvalue weighted by atomic mass is 10.1. The number of carbonyl (C=O) groups is 2. The summed E-state index contributed by atoms with van der Waals surface area (Å²) < 4.78 is 72.5. The van der Waals surface area contributed by atoms with E-state index in [-0.39, 0.29) is 41.5 Å². The molecule has 0 bridgehead atoms. The highest BCUT2D eigenvalue weighted by molar-refractivity contribution is 5.97. The first-order valence-electron chi connectivity index (χ1n) is 10.9. The second kappa shape index (κ2) is 10.1. The number of hydrogen-bond donors (Lipinski definition) is 2. The molecule has 2 N–H and O–H groups in total. The number of halogens is 5. The number of aromatic nitrogens is 2. The van der Waals surface area contributed by atoms with Crippen molar-refractivity contribution in [1.82, 2.24) is 15.1 Å². The zero-order valence-electron chi connectivity index (χ0n) is 18.9. The normalized spacial score (nSPS) is 16.6. The second-order valence-electron chi connectivity index (χ2n) is 8.34. The highest BCUT2D eigenvalue weighted by Crippen LogP contribution is 2.29. The lowest BCUT2D eigenvalue weighted by Crippen LogP contribution is -2.28. The van der Waals surface area contributed by atoms with E-state index >= 15 is 0 Å². The molecule has 1 saturated heterocycles. The van der Waals surface area contributed by atoms with Crippen molar-refractivity contribution in [3.63, 3.8) is 0 Å². The zero-order valence-corrected chi connectivity index (χ0v) is 18.9. The Morgan fingerprint density at radius 3 is 2.53 bits per heavy atom. The Morgan fingerprint density at radius 2 is 1.89 bits per heavy atom. The van der Waals surface area contributed by atoms with Crippen molar-refractivity contribution in [3.8, 4) is 16.9 Å². The largest absolute Gasteiger partial charge is 0.414 e. The van der Waals surface area contributed by atoms with Gasteiger partial charge in [-0.25, -0.2) is 13.5 Å². The smallest absolute Gasteiger partial charge is 0.364 e. The molecule has 12 heteroatoms. The third kappa shape index (κ3) is 5.88. The molecule has 2 atom stereocenters. The summed E-state index contributed by atoms with van der Waals surface area (Å²) in [5.41, 5.74) is 1.05. The number of benzene rings is 2. The number of hydrogen-bond acceptors (Lipinski definition) is 4. The van der Waals surface area contributed by atoms with Crippen LogP contribution in [0.25, 0.3) is 16.9 Å². The van der Waals surface area contributed by atoms with Crippen LogP contribution in [0.1, 0.15) is 18.9 Å². The van der Waals surface area contributed by atoms with Crippen LogP contribution in [-0.4, -0.2) is 40.4 Å². The topological polar surface area (TPSA) is 85.2 Å². The summed E-state index contributed by atoms with van der Waals surface area (Å²) in [6.07, 6.45) is -6.59. The van der Waals surface area contributed by atoms with Crippen LogP contribution < -0.4 is 10.6 Å². The molecule has 0 saturated carbocycles. The van der Waals surface area contributed by atoms with Gasteiger partial charge in [-0.3, -0.25) is 9.59 Å². The first kappa shape index (κ1) is 25.3. The molecule has 1 fully saturated rings. The fourth-order valence-electron chi connectivity index (χ4n) is 3.64. The van der Waals surface area contributed by atoms with E-state index in [1.165, 1.54) is 41.1 Å². The van der Waals surface area contributed by atoms with E-state index in [0.29, 0.717) is 5.69 Å². The Morgan fingerprint density at radius 1 is 1.17 bits per heavy atom. The average molecular weight is 508 g/mol. The van der Waals surface area contributed by atoms with Crippen molar-refractivity contribution in [2.75, 3.05) is 11.9 Å². The molecule has 0 unspecified atom stereocenters. The van der Waals surface area contributed by atoms with E-state index in [1.807, 2.05) is 0 Å². The number of ether oxygens (including phenoxy) is 1. The van der Waals surface area contributed by atoms with Crippen LogP contribution in [0.5, 0.6) is 0 Å². The quantitative estimate of drug-likeness (QED) is 0.465. The number of nitrogens with zero attached hydrogens (tertiary/aromatic N) is 2. The summed E-state index contributed by atoms with van der Waals surface area (Å²) in [6, 6.07) is 10.3. The molecule has 1 aliphatic heterocycles. The van der Waals surface area contributed by atoms with Gasteiger partial charge in [-0.2, -0.15) is 13.2 Å². The van der Waals surface area contributed by atoms with Crippen molar-refractivity contribution in [1.29, 1.82) is 0 Å². The fraction of sp³-hybridized carbons (Fsp3) is 0.292. The molecule has 0 spiro atoms. The van der Waals surface area contributed by atoms with E-state index in [4.69, 9.17) is 4.74 Å². The highest BCUT2D eigenvalue weighted by Gasteiger charge is 2.37. The molecule has 0 aliphatic carbocycles. The van der Waals surface area contributed by atoms with Gasteiger partial charge in [0, 0.05) is 24.6 Å². The fourth-order valence-corrected chi connectivity index (χ4v) is 3.64. The number of alkyl halides is 3. The van der Waals surface area contributed by atoms with Crippen molar-refractivity contribution in [2.24, 2.45) is 5.92 Å². The Kier molecular flexibility index (Phi) is 7.07. The third-order valence-electron chi connectivity index (χ3n) is 5.59. The van der Waals surface area contributed by atoms with Crippen LogP contribution in [-0.2, 0) is 20.9 Å². The summed E-state index contributed by atoms with van der Waals surface area (Å²) in [6.45, 7) is 0.536. The minimum absolute atomic E-state index is 0.0287. The summed E-state index contributed by atoms with van der Waals surface area (Å²) in [7, 11) is 0. The number of rotatable bonds is 7. The number of nitrogens with one attached hydrogen (secondary N) is 2. The van der Waals surface area contributed by atoms with E-state index in [0.717, 1.165) is 19.1 Å². The van der Waals surface area contributed by atoms with Gasteiger partial charge in [0.25, 0.3) is 0 Å². The van der Waals surface area contributed by atoms with Crippen LogP contribution in [0.2, 0.25) is 0 Å². The standard InChI is InChI=1S/C24H21F5N4O3/c1-13(24(27,28)29)36-12-14-6-15(8-18(26)7-14)20-10-21(31-23(35)16-9-22(34)30-11-16)32-33(20)19-4-2-17(25)3-5-19/h2-8,10,13,16H,9,11-12H2,1H3,(H,30,34)(H,31,32,35)/t13-,16-/m1/s1. The van der Waals surface area contributed by atoms with Crippen LogP contribution in [0, 0.1) is 17.6 Å². The van der Waals surface area contributed by atoms with Crippen molar-refractivity contribution < 1.29 is 36.3 Å². The van der Waals surface area contributed by atoms with Gasteiger partial charge in [-0.15, -0.1) is 5.10 Å². The summed E-state index contributed by atoms with van der Waals surface area (Å²) >= 11 is 0. The number of anilines is 1. The van der Waals surface area contributed by atoms with Crippen molar-refractivity contribution in [3.05, 3.63) is 65.7 Å². The molecular weight excluding hydrogens is 487 g/mol. The molecule has 190 valence electrons. The van der Waals surface area contributed by atoms with E-state index < -0.39 is 42.3 Å². The van der Waals surface area contributed by atoms with Crippen LogP contribution in [0.3, 0.4) is 0 Å². The van der Waals surface area contributed by atoms with Gasteiger partial charge in [0.15, 0.2) is 11.9 Å². The summed E-state index contributed by atoms with van der Waals surface area (Å²) in [5, 5.41) is 9.53. The molecule has 2 aromatic carbocycles.